The number of imide groups is 1. The lowest BCUT2D eigenvalue weighted by atomic mass is 10.2. The number of amides is 3. The quantitative estimate of drug-likeness (QED) is 0.644. The molecule has 116 valence electrons. The molecule has 6 heteroatoms. The van der Waals surface area contributed by atoms with E-state index >= 15 is 0 Å². The smallest absolute Gasteiger partial charge is 0.340 e. The van der Waals surface area contributed by atoms with E-state index in [1.807, 2.05) is 0 Å². The maximum absolute atomic E-state index is 12.3. The van der Waals surface area contributed by atoms with Gasteiger partial charge in [-0.25, -0.2) is 14.5 Å². The second-order valence-electron chi connectivity index (χ2n) is 5.01. The zero-order valence-electron chi connectivity index (χ0n) is 12.4. The molecule has 3 amide bonds. The molecule has 1 atom stereocenters. The van der Waals surface area contributed by atoms with Crippen LogP contribution in [0.25, 0.3) is 0 Å². The number of hydrogen-bond acceptors (Lipinski definition) is 4. The van der Waals surface area contributed by atoms with Crippen LogP contribution >= 0.6 is 0 Å². The Balaban J connectivity index is 1.90. The van der Waals surface area contributed by atoms with Crippen molar-refractivity contribution in [3.05, 3.63) is 66.2 Å². The second kappa shape index (κ2) is 5.92. The molecule has 0 aliphatic carbocycles. The predicted octanol–water partition coefficient (Wildman–Crippen LogP) is 2.27. The van der Waals surface area contributed by atoms with Gasteiger partial charge in [0.1, 0.15) is 0 Å². The zero-order chi connectivity index (χ0) is 16.4. The number of anilines is 1. The number of benzene rings is 2. The van der Waals surface area contributed by atoms with Crippen LogP contribution < -0.4 is 4.90 Å². The van der Waals surface area contributed by atoms with Gasteiger partial charge in [0.2, 0.25) is 0 Å². The summed E-state index contributed by atoms with van der Waals surface area (Å²) in [4.78, 5) is 38.9. The first-order valence-corrected chi connectivity index (χ1v) is 7.01. The minimum atomic E-state index is -1.30. The molecule has 0 N–H and O–H groups in total. The van der Waals surface area contributed by atoms with Crippen LogP contribution in [0.4, 0.5) is 10.5 Å². The van der Waals surface area contributed by atoms with Gasteiger partial charge in [0.15, 0.2) is 0 Å². The lowest BCUT2D eigenvalue weighted by molar-refractivity contribution is -0.132. The molecular weight excluding hydrogens is 296 g/mol. The van der Waals surface area contributed by atoms with Crippen molar-refractivity contribution in [3.63, 3.8) is 0 Å². The molecule has 1 fully saturated rings. The van der Waals surface area contributed by atoms with Crippen molar-refractivity contribution >= 4 is 23.6 Å². The van der Waals surface area contributed by atoms with E-state index in [4.69, 9.17) is 4.74 Å². The van der Waals surface area contributed by atoms with Gasteiger partial charge in [0, 0.05) is 12.7 Å². The molecule has 0 saturated carbocycles. The van der Waals surface area contributed by atoms with Crippen LogP contribution in [-0.4, -0.2) is 36.1 Å². The third kappa shape index (κ3) is 2.66. The number of esters is 1. The van der Waals surface area contributed by atoms with Crippen molar-refractivity contribution in [3.8, 4) is 0 Å². The van der Waals surface area contributed by atoms with Crippen LogP contribution in [0, 0.1) is 0 Å². The molecule has 6 nitrogen and oxygen atoms in total. The lowest BCUT2D eigenvalue weighted by Crippen LogP contribution is -2.38. The van der Waals surface area contributed by atoms with Gasteiger partial charge in [-0.2, -0.15) is 0 Å². The summed E-state index contributed by atoms with van der Waals surface area (Å²) < 4.78 is 5.29. The van der Waals surface area contributed by atoms with E-state index in [0.29, 0.717) is 11.3 Å². The number of rotatable bonds is 3. The van der Waals surface area contributed by atoms with Crippen LogP contribution in [0.5, 0.6) is 0 Å². The van der Waals surface area contributed by atoms with Gasteiger partial charge in [0.05, 0.1) is 5.56 Å². The first-order chi connectivity index (χ1) is 11.1. The topological polar surface area (TPSA) is 66.9 Å². The minimum absolute atomic E-state index is 0.315. The highest BCUT2D eigenvalue weighted by Crippen LogP contribution is 2.26. The van der Waals surface area contributed by atoms with E-state index in [1.165, 1.54) is 11.9 Å². The van der Waals surface area contributed by atoms with Crippen LogP contribution in [0.1, 0.15) is 10.4 Å². The van der Waals surface area contributed by atoms with Crippen LogP contribution in [0.15, 0.2) is 60.7 Å². The fourth-order valence-electron chi connectivity index (χ4n) is 2.31. The van der Waals surface area contributed by atoms with Crippen LogP contribution in [0.2, 0.25) is 0 Å². The maximum atomic E-state index is 12.3. The maximum Gasteiger partial charge on any atom is 0.340 e. The van der Waals surface area contributed by atoms with Crippen molar-refractivity contribution in [2.45, 2.75) is 6.23 Å². The summed E-state index contributed by atoms with van der Waals surface area (Å²) in [6.45, 7) is 0. The van der Waals surface area contributed by atoms with Crippen molar-refractivity contribution in [1.29, 1.82) is 0 Å². The van der Waals surface area contributed by atoms with E-state index in [2.05, 4.69) is 0 Å². The lowest BCUT2D eigenvalue weighted by Gasteiger charge is -2.21. The Kier molecular flexibility index (Phi) is 3.80. The van der Waals surface area contributed by atoms with Crippen molar-refractivity contribution in [2.24, 2.45) is 0 Å². The molecule has 0 radical (unpaired) electrons. The van der Waals surface area contributed by atoms with E-state index in [-0.39, 0.29) is 0 Å². The second-order valence-corrected chi connectivity index (χ2v) is 5.01. The molecular formula is C17H14N2O4. The van der Waals surface area contributed by atoms with E-state index in [1.54, 1.807) is 60.7 Å². The van der Waals surface area contributed by atoms with Crippen molar-refractivity contribution in [2.75, 3.05) is 11.9 Å². The molecule has 1 aliphatic heterocycles. The monoisotopic (exact) mass is 310 g/mol. The molecule has 1 heterocycles. The molecule has 2 aromatic rings. The number of para-hydroxylation sites is 1. The molecule has 2 aromatic carbocycles. The summed E-state index contributed by atoms with van der Waals surface area (Å²) in [5.41, 5.74) is 0.802. The summed E-state index contributed by atoms with van der Waals surface area (Å²) in [7, 11) is 1.36. The first kappa shape index (κ1) is 14.8. The Labute approximate surface area is 132 Å². The number of ether oxygens (including phenoxy) is 1. The average molecular weight is 310 g/mol. The van der Waals surface area contributed by atoms with Crippen LogP contribution in [0.3, 0.4) is 0 Å². The Hall–Kier alpha value is -3.15. The largest absolute Gasteiger partial charge is 0.428 e. The summed E-state index contributed by atoms with van der Waals surface area (Å²) in [5, 5.41) is 0. The third-order valence-corrected chi connectivity index (χ3v) is 3.53. The number of carbonyl (C=O) groups excluding carboxylic acids is 3. The Morgan fingerprint density at radius 3 is 2.13 bits per heavy atom. The highest BCUT2D eigenvalue weighted by Gasteiger charge is 2.46. The Bertz CT molecular complexity index is 746. The number of carbonyl (C=O) groups is 3. The highest BCUT2D eigenvalue weighted by atomic mass is 16.6. The molecule has 3 rings (SSSR count). The van der Waals surface area contributed by atoms with Gasteiger partial charge in [-0.15, -0.1) is 0 Å². The van der Waals surface area contributed by atoms with Gasteiger partial charge in [0.25, 0.3) is 12.1 Å². The predicted molar refractivity (Wildman–Crippen MR) is 82.7 cm³/mol. The number of likely N-dealkylation sites (N-methyl/N-ethyl adjacent to an activating group) is 1. The third-order valence-electron chi connectivity index (χ3n) is 3.53. The fourth-order valence-corrected chi connectivity index (χ4v) is 2.31. The van der Waals surface area contributed by atoms with Gasteiger partial charge in [-0.05, 0) is 24.3 Å². The summed E-state index contributed by atoms with van der Waals surface area (Å²) in [6, 6.07) is 16.4. The minimum Gasteiger partial charge on any atom is -0.428 e. The normalized spacial score (nSPS) is 17.5. The van der Waals surface area contributed by atoms with Gasteiger partial charge in [-0.1, -0.05) is 36.4 Å². The molecule has 0 spiro atoms. The Morgan fingerprint density at radius 1 is 0.957 bits per heavy atom. The standard InChI is InChI=1S/C17H14N2O4/c1-18-14(20)15(23-16(21)12-8-4-2-5-9-12)19(17(18)22)13-10-6-3-7-11-13/h2-11,15H,1H3. The molecule has 0 aromatic heterocycles. The highest BCUT2D eigenvalue weighted by molar-refractivity contribution is 6.14. The average Bonchev–Trinajstić information content (AvgIpc) is 2.80. The van der Waals surface area contributed by atoms with Crippen molar-refractivity contribution < 1.29 is 19.1 Å². The van der Waals surface area contributed by atoms with E-state index in [9.17, 15) is 14.4 Å². The fraction of sp³-hybridized carbons (Fsp3) is 0.118. The first-order valence-electron chi connectivity index (χ1n) is 7.01. The Morgan fingerprint density at radius 2 is 1.52 bits per heavy atom. The van der Waals surface area contributed by atoms with Crippen molar-refractivity contribution in [1.82, 2.24) is 4.90 Å². The van der Waals surface area contributed by atoms with Gasteiger partial charge in [-0.3, -0.25) is 9.69 Å². The zero-order valence-corrected chi connectivity index (χ0v) is 12.4. The summed E-state index contributed by atoms with van der Waals surface area (Å²) in [5.74, 6) is -1.24. The summed E-state index contributed by atoms with van der Waals surface area (Å²) in [6.07, 6.45) is -1.30. The number of urea groups is 1. The van der Waals surface area contributed by atoms with Gasteiger partial charge >= 0.3 is 12.0 Å². The number of nitrogens with zero attached hydrogens (tertiary/aromatic N) is 2. The van der Waals surface area contributed by atoms with Gasteiger partial charge < -0.3 is 4.74 Å². The molecule has 1 saturated heterocycles. The SMILES string of the molecule is CN1C(=O)C(OC(=O)c2ccccc2)N(c2ccccc2)C1=O. The number of hydrogen-bond donors (Lipinski definition) is 0. The molecule has 23 heavy (non-hydrogen) atoms. The van der Waals surface area contributed by atoms with E-state index < -0.39 is 24.1 Å². The molecule has 1 aliphatic rings. The van der Waals surface area contributed by atoms with Crippen LogP contribution in [-0.2, 0) is 9.53 Å². The van der Waals surface area contributed by atoms with E-state index in [0.717, 1.165) is 4.90 Å². The molecule has 0 bridgehead atoms. The summed E-state index contributed by atoms with van der Waals surface area (Å²) >= 11 is 0. The molecule has 1 unspecified atom stereocenters.